The van der Waals surface area contributed by atoms with Gasteiger partial charge in [0, 0.05) is 0 Å². The highest BCUT2D eigenvalue weighted by Crippen LogP contribution is 2.09. The maximum Gasteiger partial charge on any atom is 0.407 e. The predicted octanol–water partition coefficient (Wildman–Crippen LogP) is 0.930. The van der Waals surface area contributed by atoms with E-state index in [-0.39, 0.29) is 5.92 Å². The molecule has 0 aromatic heterocycles. The third kappa shape index (κ3) is 3.64. The molecule has 0 bridgehead atoms. The molecule has 2 atom stereocenters. The van der Waals surface area contributed by atoms with Crippen molar-refractivity contribution in [3.63, 3.8) is 0 Å². The SMILES string of the molecule is CCC(C)C(NC(=O)OC)C(=O)OC. The van der Waals surface area contributed by atoms with Crippen molar-refractivity contribution in [2.75, 3.05) is 14.2 Å². The quantitative estimate of drug-likeness (QED) is 0.690. The summed E-state index contributed by atoms with van der Waals surface area (Å²) in [7, 11) is 2.54. The molecule has 0 saturated carbocycles. The first kappa shape index (κ1) is 12.7. The zero-order chi connectivity index (χ0) is 11.1. The van der Waals surface area contributed by atoms with Crippen molar-refractivity contribution in [1.82, 2.24) is 5.32 Å². The standard InChI is InChI=1S/C9H17NO4/c1-5-6(2)7(8(11)13-3)10-9(12)14-4/h6-7H,5H2,1-4H3,(H,10,12). The molecule has 2 unspecified atom stereocenters. The van der Waals surface area contributed by atoms with Crippen molar-refractivity contribution < 1.29 is 19.1 Å². The van der Waals surface area contributed by atoms with Gasteiger partial charge < -0.3 is 14.8 Å². The van der Waals surface area contributed by atoms with Crippen molar-refractivity contribution in [2.45, 2.75) is 26.3 Å². The van der Waals surface area contributed by atoms with Crippen LogP contribution < -0.4 is 5.32 Å². The second-order valence-corrected chi connectivity index (χ2v) is 3.02. The number of esters is 1. The Morgan fingerprint density at radius 2 is 1.86 bits per heavy atom. The molecule has 0 radical (unpaired) electrons. The number of hydrogen-bond acceptors (Lipinski definition) is 4. The molecule has 0 aromatic rings. The van der Waals surface area contributed by atoms with Crippen LogP contribution in [0.5, 0.6) is 0 Å². The van der Waals surface area contributed by atoms with Crippen LogP contribution in [0.2, 0.25) is 0 Å². The first-order chi connectivity index (χ1) is 6.56. The van der Waals surface area contributed by atoms with Crippen LogP contribution in [0.25, 0.3) is 0 Å². The molecule has 0 rings (SSSR count). The molecule has 5 nitrogen and oxygen atoms in total. The maximum absolute atomic E-state index is 11.3. The third-order valence-electron chi connectivity index (χ3n) is 2.13. The average Bonchev–Trinajstić information content (AvgIpc) is 2.23. The van der Waals surface area contributed by atoms with E-state index in [2.05, 4.69) is 14.8 Å². The minimum atomic E-state index is -0.641. The number of methoxy groups -OCH3 is 2. The van der Waals surface area contributed by atoms with Gasteiger partial charge in [-0.3, -0.25) is 0 Å². The van der Waals surface area contributed by atoms with Crippen LogP contribution in [0, 0.1) is 5.92 Å². The number of amides is 1. The molecule has 0 aromatic carbocycles. The lowest BCUT2D eigenvalue weighted by Crippen LogP contribution is -2.45. The lowest BCUT2D eigenvalue weighted by atomic mass is 9.99. The largest absolute Gasteiger partial charge is 0.467 e. The normalized spacial score (nSPS) is 14.0. The fraction of sp³-hybridized carbons (Fsp3) is 0.778. The molecule has 0 fully saturated rings. The molecule has 0 spiro atoms. The highest BCUT2D eigenvalue weighted by molar-refractivity contribution is 5.81. The summed E-state index contributed by atoms with van der Waals surface area (Å²) < 4.78 is 8.98. The predicted molar refractivity (Wildman–Crippen MR) is 50.8 cm³/mol. The van der Waals surface area contributed by atoms with E-state index in [9.17, 15) is 9.59 Å². The Morgan fingerprint density at radius 1 is 1.29 bits per heavy atom. The molecule has 0 aliphatic rings. The fourth-order valence-corrected chi connectivity index (χ4v) is 0.982. The minimum absolute atomic E-state index is 0.0153. The Morgan fingerprint density at radius 3 is 2.21 bits per heavy atom. The molecule has 5 heteroatoms. The van der Waals surface area contributed by atoms with Gasteiger partial charge in [0.2, 0.25) is 0 Å². The Hall–Kier alpha value is -1.26. The third-order valence-corrected chi connectivity index (χ3v) is 2.13. The fourth-order valence-electron chi connectivity index (χ4n) is 0.982. The molecule has 1 amide bonds. The van der Waals surface area contributed by atoms with Crippen molar-refractivity contribution >= 4 is 12.1 Å². The number of carbonyl (C=O) groups excluding carboxylic acids is 2. The Balaban J connectivity index is 4.39. The molecule has 0 aliphatic heterocycles. The van der Waals surface area contributed by atoms with Gasteiger partial charge in [0.1, 0.15) is 6.04 Å². The van der Waals surface area contributed by atoms with E-state index in [1.807, 2.05) is 13.8 Å². The summed E-state index contributed by atoms with van der Waals surface area (Å²) in [5.74, 6) is -0.439. The van der Waals surface area contributed by atoms with Gasteiger partial charge in [0.25, 0.3) is 0 Å². The topological polar surface area (TPSA) is 64.6 Å². The van der Waals surface area contributed by atoms with E-state index in [1.165, 1.54) is 14.2 Å². The molecular formula is C9H17NO4. The number of hydrogen-bond donors (Lipinski definition) is 1. The van der Waals surface area contributed by atoms with E-state index in [0.717, 1.165) is 6.42 Å². The molecule has 0 aliphatic carbocycles. The summed E-state index contributed by atoms with van der Waals surface area (Å²) >= 11 is 0. The van der Waals surface area contributed by atoms with Crippen molar-refractivity contribution in [2.24, 2.45) is 5.92 Å². The number of alkyl carbamates (subject to hydrolysis) is 1. The van der Waals surface area contributed by atoms with E-state index < -0.39 is 18.1 Å². The van der Waals surface area contributed by atoms with Crippen molar-refractivity contribution in [3.8, 4) is 0 Å². The molecule has 0 heterocycles. The van der Waals surface area contributed by atoms with Crippen LogP contribution in [-0.2, 0) is 14.3 Å². The van der Waals surface area contributed by atoms with Crippen LogP contribution in [0.4, 0.5) is 4.79 Å². The molecule has 14 heavy (non-hydrogen) atoms. The maximum atomic E-state index is 11.3. The van der Waals surface area contributed by atoms with E-state index >= 15 is 0 Å². The first-order valence-electron chi connectivity index (χ1n) is 4.49. The van der Waals surface area contributed by atoms with E-state index in [1.54, 1.807) is 0 Å². The van der Waals surface area contributed by atoms with E-state index in [0.29, 0.717) is 0 Å². The number of nitrogens with one attached hydrogen (secondary N) is 1. The Labute approximate surface area is 83.8 Å². The number of rotatable bonds is 4. The lowest BCUT2D eigenvalue weighted by Gasteiger charge is -2.20. The zero-order valence-electron chi connectivity index (χ0n) is 8.99. The number of carbonyl (C=O) groups is 2. The van der Waals surface area contributed by atoms with Crippen molar-refractivity contribution in [3.05, 3.63) is 0 Å². The van der Waals surface area contributed by atoms with Gasteiger partial charge >= 0.3 is 12.1 Å². The minimum Gasteiger partial charge on any atom is -0.467 e. The summed E-state index contributed by atoms with van der Waals surface area (Å²) in [4.78, 5) is 22.2. The van der Waals surface area contributed by atoms with E-state index in [4.69, 9.17) is 0 Å². The second kappa shape index (κ2) is 6.23. The van der Waals surface area contributed by atoms with Crippen LogP contribution >= 0.6 is 0 Å². The van der Waals surface area contributed by atoms with Gasteiger partial charge in [-0.25, -0.2) is 9.59 Å². The zero-order valence-corrected chi connectivity index (χ0v) is 8.99. The van der Waals surface area contributed by atoms with Crippen LogP contribution in [0.3, 0.4) is 0 Å². The van der Waals surface area contributed by atoms with Gasteiger partial charge in [-0.2, -0.15) is 0 Å². The summed E-state index contributed by atoms with van der Waals surface area (Å²) in [6.07, 6.45) is 0.143. The average molecular weight is 203 g/mol. The highest BCUT2D eigenvalue weighted by Gasteiger charge is 2.26. The second-order valence-electron chi connectivity index (χ2n) is 3.02. The van der Waals surface area contributed by atoms with Gasteiger partial charge in [-0.15, -0.1) is 0 Å². The monoisotopic (exact) mass is 203 g/mol. The Kier molecular flexibility index (Phi) is 5.67. The van der Waals surface area contributed by atoms with Crippen molar-refractivity contribution in [1.29, 1.82) is 0 Å². The first-order valence-corrected chi connectivity index (χ1v) is 4.49. The van der Waals surface area contributed by atoms with Gasteiger partial charge in [-0.1, -0.05) is 20.3 Å². The molecular weight excluding hydrogens is 186 g/mol. The smallest absolute Gasteiger partial charge is 0.407 e. The summed E-state index contributed by atoms with van der Waals surface area (Å²) in [6, 6.07) is -0.641. The summed E-state index contributed by atoms with van der Waals surface area (Å²) in [5.41, 5.74) is 0. The summed E-state index contributed by atoms with van der Waals surface area (Å²) in [6.45, 7) is 3.79. The van der Waals surface area contributed by atoms with Gasteiger partial charge in [0.15, 0.2) is 0 Å². The van der Waals surface area contributed by atoms with Crippen LogP contribution in [0.1, 0.15) is 20.3 Å². The Bertz CT molecular complexity index is 205. The number of ether oxygens (including phenoxy) is 2. The lowest BCUT2D eigenvalue weighted by molar-refractivity contribution is -0.144. The summed E-state index contributed by atoms with van der Waals surface area (Å²) in [5, 5.41) is 2.43. The van der Waals surface area contributed by atoms with Crippen LogP contribution in [-0.4, -0.2) is 32.3 Å². The van der Waals surface area contributed by atoms with Gasteiger partial charge in [-0.05, 0) is 5.92 Å². The highest BCUT2D eigenvalue weighted by atomic mass is 16.5. The molecule has 1 N–H and O–H groups in total. The van der Waals surface area contributed by atoms with Gasteiger partial charge in [0.05, 0.1) is 14.2 Å². The molecule has 0 saturated heterocycles. The van der Waals surface area contributed by atoms with Crippen LogP contribution in [0.15, 0.2) is 0 Å². The molecule has 82 valence electrons.